The Morgan fingerprint density at radius 3 is 1.76 bits per heavy atom. The van der Waals surface area contributed by atoms with Crippen LogP contribution in [0.4, 0.5) is 0 Å². The van der Waals surface area contributed by atoms with Crippen molar-refractivity contribution in [3.05, 3.63) is 119 Å². The molecule has 1 saturated heterocycles. The Morgan fingerprint density at radius 2 is 1.25 bits per heavy atom. The summed E-state index contributed by atoms with van der Waals surface area (Å²) < 4.78 is 71.4. The third-order valence-electron chi connectivity index (χ3n) is 15.7. The predicted octanol–water partition coefficient (Wildman–Crippen LogP) is 4.66. The number of carbonyl (C=O) groups excluding carboxylic acids is 10. The maximum atomic E-state index is 16.7. The Hall–Kier alpha value is -7.90. The highest BCUT2D eigenvalue weighted by Gasteiger charge is 2.79. The molecule has 0 radical (unpaired) electrons. The highest BCUT2D eigenvalue weighted by Crippen LogP contribution is 2.65. The van der Waals surface area contributed by atoms with Crippen molar-refractivity contribution in [2.75, 3.05) is 20.3 Å². The zero-order valence-electron chi connectivity index (χ0n) is 48.3. The average Bonchev–Trinajstić information content (AvgIpc) is 1.07. The molecule has 3 fully saturated rings. The molecule has 24 nitrogen and oxygen atoms in total. The molecule has 1 amide bonds. The van der Waals surface area contributed by atoms with E-state index in [0.29, 0.717) is 5.56 Å². The van der Waals surface area contributed by atoms with Crippen LogP contribution in [0.15, 0.2) is 102 Å². The van der Waals surface area contributed by atoms with E-state index in [4.69, 9.17) is 56.8 Å². The molecule has 3 aromatic rings. The second-order valence-electron chi connectivity index (χ2n) is 21.6. The highest BCUT2D eigenvalue weighted by atomic mass is 16.8. The number of hydrogen-bond acceptors (Lipinski definition) is 23. The molecule has 2 bridgehead atoms. The van der Waals surface area contributed by atoms with Crippen LogP contribution in [0, 0.1) is 16.7 Å². The maximum Gasteiger partial charge on any atom is 0.350 e. The summed E-state index contributed by atoms with van der Waals surface area (Å²) in [6.07, 6.45) is -17.4. The molecule has 3 aliphatic carbocycles. The van der Waals surface area contributed by atoms with E-state index in [1.807, 2.05) is 0 Å². The molecule has 1 aliphatic heterocycles. The second kappa shape index (κ2) is 25.9. The molecule has 2 N–H and O–H groups in total. The van der Waals surface area contributed by atoms with E-state index in [9.17, 15) is 43.5 Å². The van der Waals surface area contributed by atoms with Gasteiger partial charge in [-0.2, -0.15) is 0 Å². The smallest absolute Gasteiger partial charge is 0.350 e. The molecule has 7 rings (SSSR count). The van der Waals surface area contributed by atoms with Crippen LogP contribution in [0.1, 0.15) is 114 Å². The van der Waals surface area contributed by atoms with Crippen molar-refractivity contribution in [1.29, 1.82) is 0 Å². The first-order valence-corrected chi connectivity index (χ1v) is 26.9. The fraction of sp³-hybridized carbons (Fsp3) is 0.500. The van der Waals surface area contributed by atoms with Gasteiger partial charge in [-0.25, -0.2) is 9.59 Å². The number of methoxy groups -OCH3 is 1. The van der Waals surface area contributed by atoms with Gasteiger partial charge in [0.2, 0.25) is 12.4 Å². The lowest BCUT2D eigenvalue weighted by Crippen LogP contribution is -2.82. The van der Waals surface area contributed by atoms with Crippen molar-refractivity contribution in [2.45, 2.75) is 155 Å². The Bertz CT molecular complexity index is 3000. The lowest BCUT2D eigenvalue weighted by atomic mass is 9.44. The van der Waals surface area contributed by atoms with Crippen LogP contribution in [0.3, 0.4) is 0 Å². The van der Waals surface area contributed by atoms with Crippen LogP contribution in [-0.2, 0) is 95.2 Å². The predicted molar refractivity (Wildman–Crippen MR) is 286 cm³/mol. The van der Waals surface area contributed by atoms with Crippen LogP contribution in [0.5, 0.6) is 0 Å². The van der Waals surface area contributed by atoms with E-state index >= 15 is 9.59 Å². The van der Waals surface area contributed by atoms with Crippen molar-refractivity contribution in [2.24, 2.45) is 16.7 Å². The number of ketones is 1. The number of esters is 8. The van der Waals surface area contributed by atoms with Crippen molar-refractivity contribution in [3.63, 3.8) is 0 Å². The Kier molecular flexibility index (Phi) is 19.7. The molecule has 84 heavy (non-hydrogen) atoms. The van der Waals surface area contributed by atoms with Crippen molar-refractivity contribution in [1.82, 2.24) is 5.32 Å². The first-order valence-electron chi connectivity index (χ1n) is 26.9. The van der Waals surface area contributed by atoms with Gasteiger partial charge in [0.1, 0.15) is 36.6 Å². The van der Waals surface area contributed by atoms with E-state index in [1.54, 1.807) is 66.7 Å². The van der Waals surface area contributed by atoms with Crippen LogP contribution in [-0.4, -0.2) is 152 Å². The summed E-state index contributed by atoms with van der Waals surface area (Å²) in [7, 11) is 1.11. The minimum atomic E-state index is -2.64. The van der Waals surface area contributed by atoms with Gasteiger partial charge in [0, 0.05) is 72.5 Å². The number of carbonyl (C=O) groups is 10. The molecular formula is C60H69NO23. The number of fused-ring (bicyclic) bond motifs is 5. The van der Waals surface area contributed by atoms with E-state index in [2.05, 4.69) is 5.32 Å². The van der Waals surface area contributed by atoms with Crippen molar-refractivity contribution in [3.8, 4) is 0 Å². The molecule has 4 aliphatic rings. The minimum absolute atomic E-state index is 0.0318. The summed E-state index contributed by atoms with van der Waals surface area (Å²) >= 11 is 0. The summed E-state index contributed by atoms with van der Waals surface area (Å²) in [4.78, 5) is 138. The van der Waals surface area contributed by atoms with E-state index < -0.39 is 175 Å². The van der Waals surface area contributed by atoms with Gasteiger partial charge in [-0.3, -0.25) is 38.4 Å². The first kappa shape index (κ1) is 63.7. The monoisotopic (exact) mass is 1170 g/mol. The zero-order chi connectivity index (χ0) is 61.6. The number of hydrogen-bond donors (Lipinski definition) is 2. The molecule has 13 atom stereocenters. The molecule has 0 spiro atoms. The number of ether oxygens (including phenoxy) is 12. The summed E-state index contributed by atoms with van der Waals surface area (Å²) in [5, 5.41) is 17.1. The second-order valence-corrected chi connectivity index (χ2v) is 21.6. The number of amides is 1. The first-order chi connectivity index (χ1) is 39.6. The SMILES string of the molecule is COC(OC(C)=O)[C@@H](OCC(OC(C)=O)OC(C)=O)O[C@H]1C[C@H]2OC[C@@]2(OC(C)=O)C2C(OC(=O)c3ccccc3)[C@]3(O)C[C@H](OC(=O)[C@H](OC(C)=O)[C@@H](NC(=O)c4ccccc4)c4ccccc4)C(C)=C([C@@H](OC(C)=O)C(=O)[C@@]21C)C3(C)C. The number of rotatable bonds is 21. The van der Waals surface area contributed by atoms with Gasteiger partial charge in [0.05, 0.1) is 29.6 Å². The molecule has 24 heteroatoms. The number of Topliss-reactive ketones (excluding diaryl/α,β-unsaturated/α-hetero) is 1. The lowest BCUT2D eigenvalue weighted by molar-refractivity contribution is -0.368. The standard InChI is InChI=1S/C60H69NO23/c1-31-41(81-54(71)48(79-35(5)65)46(38-21-15-12-16-22-38)61-52(69)39-23-17-13-18-24-39)28-60(72)51(83-53(70)40-25-19-14-20-26-40)49-58(10,50(68)47(78-34(4)64)45(31)57(60,8)9)42(27-43-59(49,30-75-43)84-37(7)67)82-56(55(73-11)80-36(6)66)74-29-44(76-32(2)62)77-33(3)63/h12-26,41-44,46-49,51,55-56,72H,27-30H2,1-11H3,(H,61,69)/t41-,42-,43+,46-,47+,48+,49?,51?,55?,56-,58+,59-,60+/m0/s1. The Labute approximate surface area is 483 Å². The topological polar surface area (TPSA) is 314 Å². The summed E-state index contributed by atoms with van der Waals surface area (Å²) in [6, 6.07) is 22.2. The fourth-order valence-corrected chi connectivity index (χ4v) is 12.0. The van der Waals surface area contributed by atoms with Gasteiger partial charge in [0.15, 0.2) is 17.5 Å². The Balaban J connectivity index is 1.47. The van der Waals surface area contributed by atoms with E-state index in [-0.39, 0.29) is 22.3 Å². The largest absolute Gasteiger partial charge is 0.455 e. The van der Waals surface area contributed by atoms with Gasteiger partial charge in [-0.1, -0.05) is 80.6 Å². The fourth-order valence-electron chi connectivity index (χ4n) is 12.0. The number of benzene rings is 3. The molecular weight excluding hydrogens is 1100 g/mol. The van der Waals surface area contributed by atoms with E-state index in [0.717, 1.165) is 48.7 Å². The normalized spacial score (nSPS) is 27.1. The van der Waals surface area contributed by atoms with Crippen molar-refractivity contribution < 1.29 is 110 Å². The van der Waals surface area contributed by atoms with Crippen LogP contribution >= 0.6 is 0 Å². The summed E-state index contributed by atoms with van der Waals surface area (Å²) in [5.74, 6) is -11.5. The molecule has 2 saturated carbocycles. The molecule has 3 unspecified atom stereocenters. The lowest BCUT2D eigenvalue weighted by Gasteiger charge is -2.68. The molecule has 452 valence electrons. The molecule has 1 heterocycles. The van der Waals surface area contributed by atoms with Crippen LogP contribution in [0.25, 0.3) is 0 Å². The number of aliphatic hydroxyl groups is 1. The van der Waals surface area contributed by atoms with Crippen LogP contribution in [0.2, 0.25) is 0 Å². The van der Waals surface area contributed by atoms with Gasteiger partial charge in [0.25, 0.3) is 18.5 Å². The van der Waals surface area contributed by atoms with Crippen molar-refractivity contribution >= 4 is 59.4 Å². The van der Waals surface area contributed by atoms with Gasteiger partial charge < -0.3 is 67.3 Å². The van der Waals surface area contributed by atoms with Gasteiger partial charge >= 0.3 is 47.8 Å². The van der Waals surface area contributed by atoms with Crippen LogP contribution < -0.4 is 5.32 Å². The third kappa shape index (κ3) is 13.1. The summed E-state index contributed by atoms with van der Waals surface area (Å²) in [5.41, 5.74) is -8.61. The average molecular weight is 1170 g/mol. The minimum Gasteiger partial charge on any atom is -0.455 e. The molecule has 3 aromatic carbocycles. The highest BCUT2D eigenvalue weighted by molar-refractivity contribution is 5.96. The third-order valence-corrected chi connectivity index (χ3v) is 15.7. The van der Waals surface area contributed by atoms with Gasteiger partial charge in [-0.05, 0) is 54.8 Å². The maximum absolute atomic E-state index is 16.7. The summed E-state index contributed by atoms with van der Waals surface area (Å²) in [6.45, 7) is 10.7. The van der Waals surface area contributed by atoms with Gasteiger partial charge in [-0.15, -0.1) is 0 Å². The number of nitrogens with one attached hydrogen (secondary N) is 1. The molecule has 0 aromatic heterocycles. The quantitative estimate of drug-likeness (QED) is 0.0634. The zero-order valence-corrected chi connectivity index (χ0v) is 48.3. The Morgan fingerprint density at radius 1 is 0.690 bits per heavy atom. The van der Waals surface area contributed by atoms with E-state index in [1.165, 1.54) is 52.0 Å².